The van der Waals surface area contributed by atoms with Crippen LogP contribution in [0, 0.1) is 0 Å². The van der Waals surface area contributed by atoms with Gasteiger partial charge in [-0.1, -0.05) is 12.1 Å². The molecule has 0 bridgehead atoms. The lowest BCUT2D eigenvalue weighted by Gasteiger charge is -2.31. The predicted molar refractivity (Wildman–Crippen MR) is 90.3 cm³/mol. The summed E-state index contributed by atoms with van der Waals surface area (Å²) in [6.07, 6.45) is 1.36. The molecule has 2 unspecified atom stereocenters. The fourth-order valence-corrected chi connectivity index (χ4v) is 4.21. The molecule has 1 fully saturated rings. The zero-order valence-corrected chi connectivity index (χ0v) is 14.0. The van der Waals surface area contributed by atoms with Gasteiger partial charge in [0.15, 0.2) is 0 Å². The van der Waals surface area contributed by atoms with E-state index in [1.54, 1.807) is 0 Å². The molecule has 0 radical (unpaired) electrons. The first kappa shape index (κ1) is 15.2. The average Bonchev–Trinajstić information content (AvgIpc) is 3.16. The van der Waals surface area contributed by atoms with E-state index in [0.29, 0.717) is 12.1 Å². The third-order valence-electron chi connectivity index (χ3n) is 3.81. The van der Waals surface area contributed by atoms with E-state index < -0.39 is 0 Å². The summed E-state index contributed by atoms with van der Waals surface area (Å²) in [5, 5.41) is 8.02. The van der Waals surface area contributed by atoms with Crippen molar-refractivity contribution in [1.82, 2.24) is 10.2 Å². The Hall–Kier alpha value is -0.720. The smallest absolute Gasteiger partial charge is 0.0826 e. The van der Waals surface area contributed by atoms with E-state index >= 15 is 0 Å². The lowest BCUT2D eigenvalue weighted by atomic mass is 10.1. The average molecular weight is 322 g/mol. The highest BCUT2D eigenvalue weighted by Gasteiger charge is 2.20. The molecular weight excluding hydrogens is 300 g/mol. The fraction of sp³-hybridized carbons (Fsp3) is 0.500. The molecule has 0 aliphatic carbocycles. The predicted octanol–water partition coefficient (Wildman–Crippen LogP) is 3.01. The molecular formula is C16H22N2OS2. The van der Waals surface area contributed by atoms with Gasteiger partial charge in [0.2, 0.25) is 0 Å². The van der Waals surface area contributed by atoms with Gasteiger partial charge in [-0.15, -0.1) is 22.7 Å². The van der Waals surface area contributed by atoms with E-state index in [0.717, 1.165) is 32.7 Å². The number of thiophene rings is 2. The van der Waals surface area contributed by atoms with Crippen molar-refractivity contribution in [2.45, 2.75) is 18.6 Å². The van der Waals surface area contributed by atoms with E-state index in [1.807, 2.05) is 22.7 Å². The minimum Gasteiger partial charge on any atom is -0.374 e. The molecule has 3 nitrogen and oxygen atoms in total. The first-order valence-corrected chi connectivity index (χ1v) is 9.16. The SMILES string of the molecule is CN1CCOC(CNC(Cc2cccs2)c2cccs2)C1. The van der Waals surface area contributed by atoms with Crippen LogP contribution in [0.25, 0.3) is 0 Å². The Morgan fingerprint density at radius 2 is 2.19 bits per heavy atom. The lowest BCUT2D eigenvalue weighted by Crippen LogP contribution is -2.45. The quantitative estimate of drug-likeness (QED) is 0.885. The zero-order chi connectivity index (χ0) is 14.5. The number of ether oxygens (including phenoxy) is 1. The van der Waals surface area contributed by atoms with Crippen LogP contribution in [0.4, 0.5) is 0 Å². The van der Waals surface area contributed by atoms with Crippen molar-refractivity contribution in [3.05, 3.63) is 44.8 Å². The molecule has 114 valence electrons. The van der Waals surface area contributed by atoms with Crippen LogP contribution in [0.15, 0.2) is 35.0 Å². The maximum absolute atomic E-state index is 5.85. The molecule has 2 aromatic rings. The van der Waals surface area contributed by atoms with Crippen LogP contribution < -0.4 is 5.32 Å². The summed E-state index contributed by atoms with van der Waals surface area (Å²) >= 11 is 3.67. The second-order valence-corrected chi connectivity index (χ2v) is 7.53. The van der Waals surface area contributed by atoms with Crippen LogP contribution in [0.1, 0.15) is 15.8 Å². The van der Waals surface area contributed by atoms with Crippen LogP contribution in [0.5, 0.6) is 0 Å². The highest BCUT2D eigenvalue weighted by atomic mass is 32.1. The van der Waals surface area contributed by atoms with E-state index in [2.05, 4.69) is 52.3 Å². The third-order valence-corrected chi connectivity index (χ3v) is 5.69. The summed E-state index contributed by atoms with van der Waals surface area (Å²) in [6, 6.07) is 9.10. The first-order chi connectivity index (χ1) is 10.3. The topological polar surface area (TPSA) is 24.5 Å². The Morgan fingerprint density at radius 1 is 1.33 bits per heavy atom. The van der Waals surface area contributed by atoms with Gasteiger partial charge in [0.25, 0.3) is 0 Å². The van der Waals surface area contributed by atoms with Gasteiger partial charge in [-0.2, -0.15) is 0 Å². The summed E-state index contributed by atoms with van der Waals surface area (Å²) in [5.74, 6) is 0. The van der Waals surface area contributed by atoms with Gasteiger partial charge in [-0.25, -0.2) is 0 Å². The monoisotopic (exact) mass is 322 g/mol. The summed E-state index contributed by atoms with van der Waals surface area (Å²) in [7, 11) is 2.16. The van der Waals surface area contributed by atoms with Gasteiger partial charge in [0.05, 0.1) is 12.7 Å². The molecule has 0 amide bonds. The number of nitrogens with one attached hydrogen (secondary N) is 1. The van der Waals surface area contributed by atoms with Crippen LogP contribution in [0.2, 0.25) is 0 Å². The second kappa shape index (κ2) is 7.51. The van der Waals surface area contributed by atoms with Gasteiger partial charge in [0, 0.05) is 41.9 Å². The zero-order valence-electron chi connectivity index (χ0n) is 12.3. The molecule has 1 saturated heterocycles. The normalized spacial score (nSPS) is 21.5. The number of nitrogens with zero attached hydrogens (tertiary/aromatic N) is 1. The van der Waals surface area contributed by atoms with Crippen molar-refractivity contribution < 1.29 is 4.74 Å². The number of hydrogen-bond acceptors (Lipinski definition) is 5. The minimum atomic E-state index is 0.301. The maximum Gasteiger partial charge on any atom is 0.0826 e. The number of hydrogen-bond donors (Lipinski definition) is 1. The van der Waals surface area contributed by atoms with Crippen LogP contribution >= 0.6 is 22.7 Å². The summed E-state index contributed by atoms with van der Waals surface area (Å²) in [4.78, 5) is 5.19. The van der Waals surface area contributed by atoms with Gasteiger partial charge < -0.3 is 15.0 Å². The highest BCUT2D eigenvalue weighted by Crippen LogP contribution is 2.25. The van der Waals surface area contributed by atoms with Crippen molar-refractivity contribution in [2.75, 3.05) is 33.3 Å². The van der Waals surface area contributed by atoms with Crippen LogP contribution in [0.3, 0.4) is 0 Å². The van der Waals surface area contributed by atoms with Crippen molar-refractivity contribution in [3.8, 4) is 0 Å². The number of morpholine rings is 1. The minimum absolute atomic E-state index is 0.301. The van der Waals surface area contributed by atoms with Crippen LogP contribution in [-0.2, 0) is 11.2 Å². The Morgan fingerprint density at radius 3 is 2.90 bits per heavy atom. The van der Waals surface area contributed by atoms with E-state index in [9.17, 15) is 0 Å². The molecule has 5 heteroatoms. The van der Waals surface area contributed by atoms with E-state index in [1.165, 1.54) is 9.75 Å². The van der Waals surface area contributed by atoms with Crippen molar-refractivity contribution >= 4 is 22.7 Å². The number of rotatable bonds is 6. The summed E-state index contributed by atoms with van der Waals surface area (Å²) in [6.45, 7) is 3.82. The molecule has 1 aliphatic heterocycles. The largest absolute Gasteiger partial charge is 0.374 e. The standard InChI is InChI=1S/C16H22N2OS2/c1-18-6-7-19-13(12-18)11-17-15(16-5-3-9-21-16)10-14-4-2-8-20-14/h2-5,8-9,13,15,17H,6-7,10-12H2,1H3. The van der Waals surface area contributed by atoms with Crippen LogP contribution in [-0.4, -0.2) is 44.3 Å². The van der Waals surface area contributed by atoms with Gasteiger partial charge in [0.1, 0.15) is 0 Å². The van der Waals surface area contributed by atoms with Gasteiger partial charge >= 0.3 is 0 Å². The Balaban J connectivity index is 1.59. The van der Waals surface area contributed by atoms with Crippen molar-refractivity contribution in [3.63, 3.8) is 0 Å². The molecule has 1 N–H and O–H groups in total. The molecule has 0 aromatic carbocycles. The van der Waals surface area contributed by atoms with Gasteiger partial charge in [-0.3, -0.25) is 0 Å². The molecule has 0 saturated carbocycles. The van der Waals surface area contributed by atoms with Gasteiger partial charge in [-0.05, 0) is 29.9 Å². The van der Waals surface area contributed by atoms with Crippen molar-refractivity contribution in [1.29, 1.82) is 0 Å². The maximum atomic E-state index is 5.85. The second-order valence-electron chi connectivity index (χ2n) is 5.51. The molecule has 1 aliphatic rings. The Kier molecular flexibility index (Phi) is 5.43. The third kappa shape index (κ3) is 4.37. The molecule has 21 heavy (non-hydrogen) atoms. The Bertz CT molecular complexity index is 512. The molecule has 2 aromatic heterocycles. The Labute approximate surface area is 134 Å². The highest BCUT2D eigenvalue weighted by molar-refractivity contribution is 7.10. The summed E-state index contributed by atoms with van der Waals surface area (Å²) in [5.41, 5.74) is 0. The molecule has 0 spiro atoms. The first-order valence-electron chi connectivity index (χ1n) is 7.40. The van der Waals surface area contributed by atoms with E-state index in [-0.39, 0.29) is 0 Å². The lowest BCUT2D eigenvalue weighted by molar-refractivity contribution is -0.0192. The van der Waals surface area contributed by atoms with E-state index in [4.69, 9.17) is 4.74 Å². The molecule has 3 rings (SSSR count). The summed E-state index contributed by atoms with van der Waals surface area (Å²) < 4.78 is 5.85. The fourth-order valence-electron chi connectivity index (χ4n) is 2.66. The molecule has 3 heterocycles. The molecule has 2 atom stereocenters. The number of likely N-dealkylation sites (N-methyl/N-ethyl adjacent to an activating group) is 1. The van der Waals surface area contributed by atoms with Crippen molar-refractivity contribution in [2.24, 2.45) is 0 Å².